The molecule has 1 amide bonds. The highest BCUT2D eigenvalue weighted by atomic mass is 32.2. The molecule has 0 aliphatic carbocycles. The zero-order chi connectivity index (χ0) is 11.2. The van der Waals surface area contributed by atoms with Crippen LogP contribution in [0, 0.1) is 6.92 Å². The minimum absolute atomic E-state index is 0.0263. The molecular weight excluding hydrogens is 218 g/mol. The predicted molar refractivity (Wildman–Crippen MR) is 51.6 cm³/mol. The Bertz CT molecular complexity index is 535. The molecule has 0 saturated carbocycles. The van der Waals surface area contributed by atoms with E-state index in [0.717, 1.165) is 0 Å². The fourth-order valence-electron chi connectivity index (χ4n) is 1.62. The van der Waals surface area contributed by atoms with Gasteiger partial charge in [0.2, 0.25) is 0 Å². The molecule has 80 valence electrons. The van der Waals surface area contributed by atoms with Crippen LogP contribution in [0.5, 0.6) is 0 Å². The Morgan fingerprint density at radius 2 is 2.07 bits per heavy atom. The van der Waals surface area contributed by atoms with Gasteiger partial charge in [-0.25, -0.2) is 12.7 Å². The van der Waals surface area contributed by atoms with E-state index in [1.165, 1.54) is 6.07 Å². The maximum absolute atomic E-state index is 11.7. The predicted octanol–water partition coefficient (Wildman–Crippen LogP) is 0.0893. The molecular formula is C9H9NO4S. The summed E-state index contributed by atoms with van der Waals surface area (Å²) in [6, 6.07) is 4.60. The van der Waals surface area contributed by atoms with E-state index in [-0.39, 0.29) is 10.5 Å². The maximum Gasteiger partial charge on any atom is 0.271 e. The second kappa shape index (κ2) is 3.04. The van der Waals surface area contributed by atoms with Crippen LogP contribution < -0.4 is 0 Å². The molecule has 1 aromatic carbocycles. The third-order valence-corrected chi connectivity index (χ3v) is 4.13. The SMILES string of the molecule is Cc1cccc2c1C(=O)N(CO)S2(=O)=O. The van der Waals surface area contributed by atoms with Crippen LogP contribution in [0.3, 0.4) is 0 Å². The van der Waals surface area contributed by atoms with Crippen molar-refractivity contribution in [2.45, 2.75) is 11.8 Å². The number of carbonyl (C=O) groups excluding carboxylic acids is 1. The Morgan fingerprint density at radius 1 is 1.40 bits per heavy atom. The number of fused-ring (bicyclic) bond motifs is 1. The van der Waals surface area contributed by atoms with E-state index in [0.29, 0.717) is 9.87 Å². The summed E-state index contributed by atoms with van der Waals surface area (Å²) in [7, 11) is -3.83. The van der Waals surface area contributed by atoms with Crippen molar-refractivity contribution in [2.24, 2.45) is 0 Å². The smallest absolute Gasteiger partial charge is 0.271 e. The van der Waals surface area contributed by atoms with Gasteiger partial charge in [0.15, 0.2) is 0 Å². The summed E-state index contributed by atoms with van der Waals surface area (Å²) in [5, 5.41) is 8.86. The van der Waals surface area contributed by atoms with Crippen LogP contribution in [-0.2, 0) is 10.0 Å². The summed E-state index contributed by atoms with van der Waals surface area (Å²) in [6.07, 6.45) is 0. The van der Waals surface area contributed by atoms with Gasteiger partial charge in [0.1, 0.15) is 11.6 Å². The van der Waals surface area contributed by atoms with Crippen molar-refractivity contribution >= 4 is 15.9 Å². The summed E-state index contributed by atoms with van der Waals surface area (Å²) in [5.41, 5.74) is 0.753. The Kier molecular flexibility index (Phi) is 2.06. The van der Waals surface area contributed by atoms with Gasteiger partial charge in [0, 0.05) is 0 Å². The number of benzene rings is 1. The topological polar surface area (TPSA) is 74.7 Å². The van der Waals surface area contributed by atoms with Gasteiger partial charge < -0.3 is 5.11 Å². The molecule has 0 atom stereocenters. The molecule has 0 radical (unpaired) electrons. The molecule has 6 heteroatoms. The molecule has 1 aromatic rings. The first-order valence-corrected chi connectivity index (χ1v) is 5.71. The zero-order valence-electron chi connectivity index (χ0n) is 7.97. The van der Waals surface area contributed by atoms with E-state index in [4.69, 9.17) is 5.11 Å². The number of rotatable bonds is 1. The molecule has 5 nitrogen and oxygen atoms in total. The fraction of sp³-hybridized carbons (Fsp3) is 0.222. The lowest BCUT2D eigenvalue weighted by molar-refractivity contribution is 0.0767. The van der Waals surface area contributed by atoms with Gasteiger partial charge in [-0.2, -0.15) is 0 Å². The summed E-state index contributed by atoms with van der Waals surface area (Å²) >= 11 is 0. The molecule has 1 aliphatic heterocycles. The third-order valence-electron chi connectivity index (χ3n) is 2.37. The number of aliphatic hydroxyl groups excluding tert-OH is 1. The quantitative estimate of drug-likeness (QED) is 0.737. The first-order valence-electron chi connectivity index (χ1n) is 4.27. The van der Waals surface area contributed by atoms with Crippen LogP contribution in [0.15, 0.2) is 23.1 Å². The second-order valence-electron chi connectivity index (χ2n) is 3.25. The largest absolute Gasteiger partial charge is 0.375 e. The highest BCUT2D eigenvalue weighted by molar-refractivity contribution is 7.90. The average molecular weight is 227 g/mol. The van der Waals surface area contributed by atoms with Crippen molar-refractivity contribution in [1.29, 1.82) is 0 Å². The van der Waals surface area contributed by atoms with Crippen molar-refractivity contribution in [2.75, 3.05) is 6.73 Å². The van der Waals surface area contributed by atoms with Crippen molar-refractivity contribution in [3.05, 3.63) is 29.3 Å². The molecule has 1 aliphatic rings. The summed E-state index contributed by atoms with van der Waals surface area (Å²) < 4.78 is 23.9. The van der Waals surface area contributed by atoms with Crippen molar-refractivity contribution < 1.29 is 18.3 Å². The van der Waals surface area contributed by atoms with Crippen LogP contribution in [0.4, 0.5) is 0 Å². The molecule has 1 N–H and O–H groups in total. The van der Waals surface area contributed by atoms with Gasteiger partial charge in [-0.1, -0.05) is 12.1 Å². The Balaban J connectivity index is 2.80. The van der Waals surface area contributed by atoms with E-state index in [2.05, 4.69) is 0 Å². The van der Waals surface area contributed by atoms with Crippen LogP contribution >= 0.6 is 0 Å². The Hall–Kier alpha value is -1.40. The summed E-state index contributed by atoms with van der Waals surface area (Å²) in [6.45, 7) is 0.836. The lowest BCUT2D eigenvalue weighted by atomic mass is 10.1. The van der Waals surface area contributed by atoms with E-state index < -0.39 is 22.7 Å². The molecule has 0 aromatic heterocycles. The normalized spacial score (nSPS) is 18.0. The molecule has 0 fully saturated rings. The lowest BCUT2D eigenvalue weighted by Gasteiger charge is -2.09. The molecule has 1 heterocycles. The lowest BCUT2D eigenvalue weighted by Crippen LogP contribution is -2.30. The Morgan fingerprint density at radius 3 is 2.60 bits per heavy atom. The standard InChI is InChI=1S/C9H9NO4S/c1-6-3-2-4-7-8(6)9(12)10(5-11)15(7,13)14/h2-4,11H,5H2,1H3. The van der Waals surface area contributed by atoms with Crippen LogP contribution in [-0.4, -0.2) is 30.5 Å². The number of amides is 1. The maximum atomic E-state index is 11.7. The number of sulfonamides is 1. The number of carbonyl (C=O) groups is 1. The number of aryl methyl sites for hydroxylation is 1. The van der Waals surface area contributed by atoms with Crippen molar-refractivity contribution in [1.82, 2.24) is 4.31 Å². The van der Waals surface area contributed by atoms with Gasteiger partial charge in [0.05, 0.1) is 5.56 Å². The van der Waals surface area contributed by atoms with Crippen molar-refractivity contribution in [3.63, 3.8) is 0 Å². The van der Waals surface area contributed by atoms with Crippen molar-refractivity contribution in [3.8, 4) is 0 Å². The minimum atomic E-state index is -3.83. The summed E-state index contributed by atoms with van der Waals surface area (Å²) in [4.78, 5) is 11.6. The second-order valence-corrected chi connectivity index (χ2v) is 5.08. The minimum Gasteiger partial charge on any atom is -0.375 e. The van der Waals surface area contributed by atoms with E-state index in [1.807, 2.05) is 0 Å². The number of nitrogens with zero attached hydrogens (tertiary/aromatic N) is 1. The summed E-state index contributed by atoms with van der Waals surface area (Å²) in [5.74, 6) is -0.661. The monoisotopic (exact) mass is 227 g/mol. The number of hydrogen-bond donors (Lipinski definition) is 1. The third kappa shape index (κ3) is 1.18. The molecule has 0 spiro atoms. The molecule has 2 rings (SSSR count). The van der Waals surface area contributed by atoms with Gasteiger partial charge >= 0.3 is 0 Å². The van der Waals surface area contributed by atoms with Gasteiger partial charge in [0.25, 0.3) is 15.9 Å². The zero-order valence-corrected chi connectivity index (χ0v) is 8.78. The van der Waals surface area contributed by atoms with Crippen LogP contribution in [0.25, 0.3) is 0 Å². The molecule has 0 bridgehead atoms. The first-order chi connectivity index (χ1) is 7.00. The first kappa shape index (κ1) is 10.1. The van der Waals surface area contributed by atoms with E-state index >= 15 is 0 Å². The van der Waals surface area contributed by atoms with Gasteiger partial charge in [-0.05, 0) is 18.6 Å². The van der Waals surface area contributed by atoms with E-state index in [9.17, 15) is 13.2 Å². The Labute approximate surface area is 87.0 Å². The fourth-order valence-corrected chi connectivity index (χ4v) is 3.08. The highest BCUT2D eigenvalue weighted by Gasteiger charge is 2.41. The van der Waals surface area contributed by atoms with Crippen LogP contribution in [0.2, 0.25) is 0 Å². The molecule has 15 heavy (non-hydrogen) atoms. The molecule has 0 unspecified atom stereocenters. The van der Waals surface area contributed by atoms with Gasteiger partial charge in [-0.15, -0.1) is 0 Å². The van der Waals surface area contributed by atoms with Crippen LogP contribution in [0.1, 0.15) is 15.9 Å². The van der Waals surface area contributed by atoms with Gasteiger partial charge in [-0.3, -0.25) is 4.79 Å². The highest BCUT2D eigenvalue weighted by Crippen LogP contribution is 2.31. The average Bonchev–Trinajstić information content (AvgIpc) is 2.36. The van der Waals surface area contributed by atoms with E-state index in [1.54, 1.807) is 19.1 Å². The number of aliphatic hydroxyl groups is 1. The number of hydrogen-bond acceptors (Lipinski definition) is 4. The molecule has 0 saturated heterocycles.